The molecule has 2 rings (SSSR count). The Morgan fingerprint density at radius 3 is 2.93 bits per heavy atom. The summed E-state index contributed by atoms with van der Waals surface area (Å²) in [6.45, 7) is 4.73. The van der Waals surface area contributed by atoms with Crippen molar-refractivity contribution in [2.75, 3.05) is 0 Å². The Bertz CT molecular complexity index is 220. The van der Waals surface area contributed by atoms with E-state index in [1.54, 1.807) is 5.57 Å². The van der Waals surface area contributed by atoms with Crippen molar-refractivity contribution in [3.8, 4) is 0 Å². The summed E-state index contributed by atoms with van der Waals surface area (Å²) in [5.41, 5.74) is 1.61. The minimum absolute atomic E-state index is 0.826. The quantitative estimate of drug-likeness (QED) is 0.587. The van der Waals surface area contributed by atoms with Gasteiger partial charge in [0.05, 0.1) is 0 Å². The Morgan fingerprint density at radius 2 is 2.33 bits per heavy atom. The second-order valence-corrected chi connectivity index (χ2v) is 5.59. The number of allylic oxidation sites excluding steroid dienone is 2. The molecular formula is C15H24. The molecule has 1 fully saturated rings. The SMILES string of the molecule is CC1=CCC(C(C)CC2[C]CCC2)CC1. The van der Waals surface area contributed by atoms with E-state index >= 15 is 0 Å². The van der Waals surface area contributed by atoms with Gasteiger partial charge in [-0.15, -0.1) is 0 Å². The van der Waals surface area contributed by atoms with Crippen molar-refractivity contribution in [3.05, 3.63) is 18.1 Å². The Kier molecular flexibility index (Phi) is 3.88. The third kappa shape index (κ3) is 3.09. The predicted octanol–water partition coefficient (Wildman–Crippen LogP) is 4.64. The van der Waals surface area contributed by atoms with Crippen molar-refractivity contribution in [2.24, 2.45) is 17.8 Å². The molecule has 2 aliphatic rings. The minimum Gasteiger partial charge on any atom is -0.0853 e. The van der Waals surface area contributed by atoms with Gasteiger partial charge in [0.2, 0.25) is 0 Å². The van der Waals surface area contributed by atoms with Crippen LogP contribution in [0, 0.1) is 24.2 Å². The maximum atomic E-state index is 3.62. The third-order valence-corrected chi connectivity index (χ3v) is 4.30. The van der Waals surface area contributed by atoms with E-state index in [1.165, 1.54) is 44.9 Å². The van der Waals surface area contributed by atoms with Crippen LogP contribution in [0.3, 0.4) is 0 Å². The van der Waals surface area contributed by atoms with Crippen molar-refractivity contribution in [1.82, 2.24) is 0 Å². The molecule has 0 aromatic carbocycles. The first-order valence-corrected chi connectivity index (χ1v) is 6.64. The topological polar surface area (TPSA) is 0 Å². The van der Waals surface area contributed by atoms with E-state index in [0.29, 0.717) is 0 Å². The van der Waals surface area contributed by atoms with Gasteiger partial charge in [0.25, 0.3) is 0 Å². The van der Waals surface area contributed by atoms with Crippen LogP contribution < -0.4 is 0 Å². The fourth-order valence-corrected chi connectivity index (χ4v) is 3.10. The highest BCUT2D eigenvalue weighted by atomic mass is 14.3. The van der Waals surface area contributed by atoms with Crippen LogP contribution in [0.15, 0.2) is 11.6 Å². The van der Waals surface area contributed by atoms with E-state index in [9.17, 15) is 0 Å². The fourth-order valence-electron chi connectivity index (χ4n) is 3.10. The van der Waals surface area contributed by atoms with Gasteiger partial charge in [-0.25, -0.2) is 0 Å². The number of hydrogen-bond donors (Lipinski definition) is 0. The smallest absolute Gasteiger partial charge is 0.0140 e. The lowest BCUT2D eigenvalue weighted by Gasteiger charge is -2.28. The fraction of sp³-hybridized carbons (Fsp3) is 0.800. The maximum absolute atomic E-state index is 3.62. The van der Waals surface area contributed by atoms with Crippen LogP contribution in [0.25, 0.3) is 0 Å². The molecule has 0 bridgehead atoms. The average molecular weight is 204 g/mol. The van der Waals surface area contributed by atoms with Crippen LogP contribution in [-0.4, -0.2) is 0 Å². The van der Waals surface area contributed by atoms with Gasteiger partial charge in [0.1, 0.15) is 0 Å². The van der Waals surface area contributed by atoms with Crippen molar-refractivity contribution in [1.29, 1.82) is 0 Å². The second kappa shape index (κ2) is 5.18. The summed E-state index contributed by atoms with van der Waals surface area (Å²) >= 11 is 0. The average Bonchev–Trinajstić information content (AvgIpc) is 2.71. The molecule has 1 saturated carbocycles. The van der Waals surface area contributed by atoms with E-state index in [-0.39, 0.29) is 0 Å². The molecule has 15 heavy (non-hydrogen) atoms. The van der Waals surface area contributed by atoms with Gasteiger partial charge in [-0.05, 0) is 69.6 Å². The van der Waals surface area contributed by atoms with Crippen molar-refractivity contribution in [3.63, 3.8) is 0 Å². The van der Waals surface area contributed by atoms with Crippen LogP contribution in [0.1, 0.15) is 58.8 Å². The molecule has 0 N–H and O–H groups in total. The minimum atomic E-state index is 0.826. The van der Waals surface area contributed by atoms with E-state index in [1.807, 2.05) is 0 Å². The lowest BCUT2D eigenvalue weighted by atomic mass is 9.78. The van der Waals surface area contributed by atoms with Crippen LogP contribution in [-0.2, 0) is 0 Å². The van der Waals surface area contributed by atoms with Gasteiger partial charge in [-0.2, -0.15) is 0 Å². The monoisotopic (exact) mass is 204 g/mol. The van der Waals surface area contributed by atoms with E-state index in [0.717, 1.165) is 17.8 Å². The molecule has 84 valence electrons. The van der Waals surface area contributed by atoms with Gasteiger partial charge < -0.3 is 0 Å². The molecule has 0 aromatic rings. The molecule has 0 spiro atoms. The molecule has 0 heterocycles. The summed E-state index contributed by atoms with van der Waals surface area (Å²) in [4.78, 5) is 0. The first kappa shape index (κ1) is 11.2. The van der Waals surface area contributed by atoms with Crippen molar-refractivity contribution < 1.29 is 0 Å². The molecule has 3 atom stereocenters. The third-order valence-electron chi connectivity index (χ3n) is 4.30. The van der Waals surface area contributed by atoms with Gasteiger partial charge in [0, 0.05) is 0 Å². The highest BCUT2D eigenvalue weighted by Gasteiger charge is 2.24. The molecule has 0 nitrogen and oxygen atoms in total. The Hall–Kier alpha value is -0.260. The van der Waals surface area contributed by atoms with E-state index < -0.39 is 0 Å². The van der Waals surface area contributed by atoms with Gasteiger partial charge in [0.15, 0.2) is 0 Å². The van der Waals surface area contributed by atoms with E-state index in [4.69, 9.17) is 0 Å². The first-order valence-electron chi connectivity index (χ1n) is 6.64. The van der Waals surface area contributed by atoms with Crippen molar-refractivity contribution >= 4 is 0 Å². The number of hydrogen-bond acceptors (Lipinski definition) is 0. The largest absolute Gasteiger partial charge is 0.0853 e. The lowest BCUT2D eigenvalue weighted by Crippen LogP contribution is -2.17. The van der Waals surface area contributed by atoms with Crippen LogP contribution in [0.2, 0.25) is 0 Å². The predicted molar refractivity (Wildman–Crippen MR) is 65.5 cm³/mol. The second-order valence-electron chi connectivity index (χ2n) is 5.59. The molecule has 0 heteroatoms. The zero-order valence-corrected chi connectivity index (χ0v) is 10.3. The van der Waals surface area contributed by atoms with E-state index in [2.05, 4.69) is 26.3 Å². The molecule has 0 aromatic heterocycles. The summed E-state index contributed by atoms with van der Waals surface area (Å²) < 4.78 is 0. The Balaban J connectivity index is 1.77. The summed E-state index contributed by atoms with van der Waals surface area (Å²) in [5.74, 6) is 2.69. The lowest BCUT2D eigenvalue weighted by molar-refractivity contribution is 0.281. The summed E-state index contributed by atoms with van der Waals surface area (Å²) in [6.07, 6.45) is 15.6. The summed E-state index contributed by atoms with van der Waals surface area (Å²) in [5, 5.41) is 0. The Labute approximate surface area is 95.1 Å². The van der Waals surface area contributed by atoms with Crippen LogP contribution in [0.4, 0.5) is 0 Å². The zero-order valence-electron chi connectivity index (χ0n) is 10.3. The first-order chi connectivity index (χ1) is 7.25. The normalized spacial score (nSPS) is 30.3. The Morgan fingerprint density at radius 1 is 1.47 bits per heavy atom. The van der Waals surface area contributed by atoms with Gasteiger partial charge >= 0.3 is 0 Å². The zero-order chi connectivity index (χ0) is 10.7. The molecule has 2 aliphatic carbocycles. The van der Waals surface area contributed by atoms with Crippen LogP contribution in [0.5, 0.6) is 0 Å². The molecule has 0 saturated heterocycles. The maximum Gasteiger partial charge on any atom is -0.0140 e. The summed E-state index contributed by atoms with van der Waals surface area (Å²) in [6, 6.07) is 0. The molecule has 2 radical (unpaired) electrons. The molecule has 3 unspecified atom stereocenters. The standard InChI is InChI=1S/C15H24/c1-12-7-9-15(10-8-12)13(2)11-14-5-3-4-6-14/h7,13-15H,3-5,8-11H2,1-2H3. The van der Waals surface area contributed by atoms with Gasteiger partial charge in [-0.3, -0.25) is 0 Å². The molecule has 0 aliphatic heterocycles. The number of rotatable bonds is 3. The molecular weight excluding hydrogens is 180 g/mol. The van der Waals surface area contributed by atoms with Crippen LogP contribution >= 0.6 is 0 Å². The van der Waals surface area contributed by atoms with Gasteiger partial charge in [-0.1, -0.05) is 25.0 Å². The highest BCUT2D eigenvalue weighted by molar-refractivity contribution is 5.03. The summed E-state index contributed by atoms with van der Waals surface area (Å²) in [7, 11) is 0. The highest BCUT2D eigenvalue weighted by Crippen LogP contribution is 2.36. The van der Waals surface area contributed by atoms with Crippen molar-refractivity contribution in [2.45, 2.75) is 58.8 Å². The molecule has 0 amide bonds.